The maximum Gasteiger partial charge on any atom is 0.435 e. The molecule has 4 aromatic rings. The first-order valence-corrected chi connectivity index (χ1v) is 9.71. The number of hydrogen-bond donors (Lipinski definition) is 1. The van der Waals surface area contributed by atoms with Gasteiger partial charge in [-0.2, -0.15) is 18.3 Å². The third-order valence-corrected chi connectivity index (χ3v) is 5.57. The summed E-state index contributed by atoms with van der Waals surface area (Å²) >= 11 is 0.948. The molecule has 9 heteroatoms. The Balaban J connectivity index is 1.79. The second kappa shape index (κ2) is 7.49. The van der Waals surface area contributed by atoms with E-state index in [1.54, 1.807) is 42.5 Å². The number of nitrogens with zero attached hydrogens (tertiary/aromatic N) is 2. The van der Waals surface area contributed by atoms with Gasteiger partial charge >= 0.3 is 6.18 Å². The van der Waals surface area contributed by atoms with E-state index < -0.39 is 17.8 Å². The van der Waals surface area contributed by atoms with Crippen LogP contribution in [-0.4, -0.2) is 22.8 Å². The van der Waals surface area contributed by atoms with E-state index in [4.69, 9.17) is 4.74 Å². The molecular formula is C21H16F3N3O2S. The van der Waals surface area contributed by atoms with Crippen molar-refractivity contribution in [3.8, 4) is 11.4 Å². The number of carbonyl (C=O) groups is 1. The molecule has 2 aromatic carbocycles. The zero-order valence-corrected chi connectivity index (χ0v) is 16.8. The number of alkyl halides is 3. The summed E-state index contributed by atoms with van der Waals surface area (Å²) in [6.07, 6.45) is -4.65. The molecule has 0 unspecified atom stereocenters. The lowest BCUT2D eigenvalue weighted by Gasteiger charge is -2.10. The van der Waals surface area contributed by atoms with Crippen LogP contribution in [0.1, 0.15) is 20.9 Å². The largest absolute Gasteiger partial charge is 0.495 e. The summed E-state index contributed by atoms with van der Waals surface area (Å²) in [7, 11) is 1.48. The molecule has 0 aliphatic heterocycles. The van der Waals surface area contributed by atoms with Crippen molar-refractivity contribution >= 4 is 33.1 Å². The molecule has 0 spiro atoms. The number of rotatable bonds is 4. The van der Waals surface area contributed by atoms with E-state index in [9.17, 15) is 18.0 Å². The first-order chi connectivity index (χ1) is 14.3. The number of methoxy groups -OCH3 is 1. The van der Waals surface area contributed by atoms with Crippen molar-refractivity contribution in [2.45, 2.75) is 13.1 Å². The summed E-state index contributed by atoms with van der Waals surface area (Å²) in [6, 6.07) is 15.0. The number of anilines is 1. The van der Waals surface area contributed by atoms with Crippen molar-refractivity contribution in [2.75, 3.05) is 12.4 Å². The molecule has 0 saturated carbocycles. The van der Waals surface area contributed by atoms with Crippen LogP contribution in [0.2, 0.25) is 0 Å². The lowest BCUT2D eigenvalue weighted by atomic mass is 10.2. The molecule has 2 heterocycles. The summed E-state index contributed by atoms with van der Waals surface area (Å²) in [6.45, 7) is 1.86. The summed E-state index contributed by atoms with van der Waals surface area (Å²) in [5, 5.41) is 6.37. The van der Waals surface area contributed by atoms with E-state index in [0.717, 1.165) is 16.9 Å². The number of carbonyl (C=O) groups excluding carboxylic acids is 1. The van der Waals surface area contributed by atoms with Gasteiger partial charge in [0.05, 0.1) is 23.4 Å². The van der Waals surface area contributed by atoms with Crippen LogP contribution in [0, 0.1) is 6.92 Å². The van der Waals surface area contributed by atoms with Crippen LogP contribution in [0.15, 0.2) is 54.6 Å². The summed E-state index contributed by atoms with van der Waals surface area (Å²) in [5.41, 5.74) is 0.805. The van der Waals surface area contributed by atoms with Gasteiger partial charge in [0.1, 0.15) is 10.6 Å². The molecular weight excluding hydrogens is 415 g/mol. The van der Waals surface area contributed by atoms with E-state index in [1.807, 2.05) is 13.0 Å². The number of nitrogens with one attached hydrogen (secondary N) is 1. The Kier molecular flexibility index (Phi) is 4.98. The minimum atomic E-state index is -4.65. The Bertz CT molecular complexity index is 1230. The van der Waals surface area contributed by atoms with Crippen molar-refractivity contribution in [2.24, 2.45) is 0 Å². The summed E-state index contributed by atoms with van der Waals surface area (Å²) < 4.78 is 47.1. The fourth-order valence-electron chi connectivity index (χ4n) is 3.08. The molecule has 0 atom stereocenters. The van der Waals surface area contributed by atoms with Crippen LogP contribution in [0.3, 0.4) is 0 Å². The predicted molar refractivity (Wildman–Crippen MR) is 110 cm³/mol. The second-order valence-corrected chi connectivity index (χ2v) is 7.61. The van der Waals surface area contributed by atoms with Crippen molar-refractivity contribution in [3.05, 3.63) is 70.7 Å². The predicted octanol–water partition coefficient (Wildman–Crippen LogP) is 5.68. The maximum atomic E-state index is 13.6. The van der Waals surface area contributed by atoms with Gasteiger partial charge in [0.25, 0.3) is 5.91 Å². The molecule has 0 fully saturated rings. The average Bonchev–Trinajstić information content (AvgIpc) is 3.28. The molecule has 4 rings (SSSR count). The van der Waals surface area contributed by atoms with Gasteiger partial charge in [0.15, 0.2) is 5.69 Å². The molecule has 1 amide bonds. The first-order valence-electron chi connectivity index (χ1n) is 8.89. The number of thiophene rings is 1. The van der Waals surface area contributed by atoms with Crippen LogP contribution < -0.4 is 10.1 Å². The highest BCUT2D eigenvalue weighted by Gasteiger charge is 2.38. The van der Waals surface area contributed by atoms with Crippen LogP contribution in [0.5, 0.6) is 5.75 Å². The fourth-order valence-corrected chi connectivity index (χ4v) is 4.10. The van der Waals surface area contributed by atoms with Gasteiger partial charge in [-0.15, -0.1) is 11.3 Å². The Morgan fingerprint density at radius 3 is 2.53 bits per heavy atom. The molecule has 0 bridgehead atoms. The number of para-hydroxylation sites is 1. The Morgan fingerprint density at radius 1 is 1.13 bits per heavy atom. The minimum absolute atomic E-state index is 0.113. The number of aromatic nitrogens is 2. The third kappa shape index (κ3) is 3.63. The first kappa shape index (κ1) is 20.0. The standard InChI is InChI=1S/C21H16F3N3O2S/c1-12-8-9-16(29-2)15(10-12)25-19(28)17-11-14-18(21(22,23)24)26-27(20(14)30-17)13-6-4-3-5-7-13/h3-11H,1-2H3,(H,25,28). The number of benzene rings is 2. The Hall–Kier alpha value is -3.33. The fraction of sp³-hybridized carbons (Fsp3) is 0.143. The average molecular weight is 431 g/mol. The smallest absolute Gasteiger partial charge is 0.435 e. The molecule has 0 radical (unpaired) electrons. The molecule has 154 valence electrons. The molecule has 5 nitrogen and oxygen atoms in total. The zero-order valence-electron chi connectivity index (χ0n) is 15.9. The second-order valence-electron chi connectivity index (χ2n) is 6.58. The van der Waals surface area contributed by atoms with Gasteiger partial charge in [-0.3, -0.25) is 4.79 Å². The monoisotopic (exact) mass is 431 g/mol. The van der Waals surface area contributed by atoms with E-state index in [0.29, 0.717) is 17.1 Å². The van der Waals surface area contributed by atoms with Crippen molar-refractivity contribution in [1.82, 2.24) is 9.78 Å². The molecule has 0 aliphatic rings. The molecule has 2 aromatic heterocycles. The van der Waals surface area contributed by atoms with E-state index >= 15 is 0 Å². The molecule has 1 N–H and O–H groups in total. The van der Waals surface area contributed by atoms with Gasteiger partial charge in [-0.05, 0) is 42.8 Å². The number of halogens is 3. The topological polar surface area (TPSA) is 56.1 Å². The normalized spacial score (nSPS) is 11.6. The van der Waals surface area contributed by atoms with Gasteiger partial charge in [-0.25, -0.2) is 4.68 Å². The van der Waals surface area contributed by atoms with E-state index in [2.05, 4.69) is 10.4 Å². The van der Waals surface area contributed by atoms with Gasteiger partial charge in [0.2, 0.25) is 0 Å². The highest BCUT2D eigenvalue weighted by Crippen LogP contribution is 2.39. The quantitative estimate of drug-likeness (QED) is 0.453. The molecule has 0 aliphatic carbocycles. The zero-order chi connectivity index (χ0) is 21.5. The highest BCUT2D eigenvalue weighted by molar-refractivity contribution is 7.20. The number of fused-ring (bicyclic) bond motifs is 1. The molecule has 30 heavy (non-hydrogen) atoms. The van der Waals surface area contributed by atoms with E-state index in [1.165, 1.54) is 17.9 Å². The van der Waals surface area contributed by atoms with Crippen molar-refractivity contribution in [1.29, 1.82) is 0 Å². The Labute approximate surface area is 173 Å². The van der Waals surface area contributed by atoms with Crippen molar-refractivity contribution < 1.29 is 22.7 Å². The maximum absolute atomic E-state index is 13.6. The number of hydrogen-bond acceptors (Lipinski definition) is 4. The SMILES string of the molecule is COc1ccc(C)cc1NC(=O)c1cc2c(C(F)(F)F)nn(-c3ccccc3)c2s1. The molecule has 0 saturated heterocycles. The van der Waals surface area contributed by atoms with Gasteiger partial charge in [0, 0.05) is 5.39 Å². The number of amides is 1. The van der Waals surface area contributed by atoms with Crippen molar-refractivity contribution in [3.63, 3.8) is 0 Å². The highest BCUT2D eigenvalue weighted by atomic mass is 32.1. The van der Waals surface area contributed by atoms with Gasteiger partial charge in [-0.1, -0.05) is 24.3 Å². The minimum Gasteiger partial charge on any atom is -0.495 e. The van der Waals surface area contributed by atoms with E-state index in [-0.39, 0.29) is 15.1 Å². The summed E-state index contributed by atoms with van der Waals surface area (Å²) in [5.74, 6) is -0.0608. The van der Waals surface area contributed by atoms with Gasteiger partial charge < -0.3 is 10.1 Å². The lowest BCUT2D eigenvalue weighted by Crippen LogP contribution is -2.12. The third-order valence-electron chi connectivity index (χ3n) is 4.46. The number of aryl methyl sites for hydroxylation is 1. The number of ether oxygens (including phenoxy) is 1. The Morgan fingerprint density at radius 2 is 1.87 bits per heavy atom. The summed E-state index contributed by atoms with van der Waals surface area (Å²) in [4.78, 5) is 13.2. The van der Waals surface area contributed by atoms with Crippen LogP contribution >= 0.6 is 11.3 Å². The van der Waals surface area contributed by atoms with Crippen LogP contribution in [0.25, 0.3) is 15.9 Å². The van der Waals surface area contributed by atoms with Crippen LogP contribution in [0.4, 0.5) is 18.9 Å². The van der Waals surface area contributed by atoms with Crippen LogP contribution in [-0.2, 0) is 6.18 Å². The lowest BCUT2D eigenvalue weighted by molar-refractivity contribution is -0.140.